The van der Waals surface area contributed by atoms with E-state index in [9.17, 15) is 9.73 Å². The molecule has 3 aromatic rings. The smallest absolute Gasteiger partial charge is 0.168 e. The Bertz CT molecular complexity index is 1070. The Morgan fingerprint density at radius 1 is 0.867 bits per heavy atom. The first-order valence-electron chi connectivity index (χ1n) is 10.0. The van der Waals surface area contributed by atoms with Crippen molar-refractivity contribution in [2.24, 2.45) is 0 Å². The van der Waals surface area contributed by atoms with E-state index in [1.807, 2.05) is 97.7 Å². The Morgan fingerprint density at radius 3 is 1.70 bits per heavy atom. The SMILES string of the molecule is C=C(CP(C)(=O)c1ccccc1)P1(=N)N(c2ccccc2)CCN1c1ccccc1. The van der Waals surface area contributed by atoms with E-state index >= 15 is 0 Å². The van der Waals surface area contributed by atoms with Gasteiger partial charge in [-0.25, -0.2) is 0 Å². The van der Waals surface area contributed by atoms with Gasteiger partial charge in [0, 0.05) is 41.2 Å². The number of para-hydroxylation sites is 2. The molecular formula is C24H27N3OP2. The molecule has 3 aromatic carbocycles. The number of allylic oxidation sites excluding steroid dienone is 1. The summed E-state index contributed by atoms with van der Waals surface area (Å²) in [5.74, 6) is 0. The van der Waals surface area contributed by atoms with Crippen LogP contribution in [0.4, 0.5) is 11.4 Å². The van der Waals surface area contributed by atoms with Crippen LogP contribution in [0.2, 0.25) is 0 Å². The summed E-state index contributed by atoms with van der Waals surface area (Å²) in [5.41, 5.74) is 2.04. The van der Waals surface area contributed by atoms with E-state index < -0.39 is 14.5 Å². The molecule has 154 valence electrons. The fourth-order valence-corrected chi connectivity index (χ4v) is 9.94. The molecule has 1 unspecified atom stereocenters. The number of benzene rings is 3. The fraction of sp³-hybridized carbons (Fsp3) is 0.167. The maximum Gasteiger partial charge on any atom is 0.168 e. The number of hydrogen-bond acceptors (Lipinski definition) is 2. The highest BCUT2D eigenvalue weighted by Crippen LogP contribution is 2.67. The lowest BCUT2D eigenvalue weighted by Crippen LogP contribution is -2.21. The molecule has 6 heteroatoms. The lowest BCUT2D eigenvalue weighted by atomic mass is 10.3. The Balaban J connectivity index is 1.75. The van der Waals surface area contributed by atoms with Gasteiger partial charge >= 0.3 is 0 Å². The molecule has 1 heterocycles. The molecule has 1 atom stereocenters. The van der Waals surface area contributed by atoms with Crippen LogP contribution in [-0.2, 0) is 4.57 Å². The predicted molar refractivity (Wildman–Crippen MR) is 131 cm³/mol. The van der Waals surface area contributed by atoms with Gasteiger partial charge in [0.15, 0.2) is 7.36 Å². The highest BCUT2D eigenvalue weighted by Gasteiger charge is 2.42. The minimum absolute atomic E-state index is 0.334. The van der Waals surface area contributed by atoms with Crippen molar-refractivity contribution in [2.75, 3.05) is 35.3 Å². The summed E-state index contributed by atoms with van der Waals surface area (Å²) < 4.78 is 18.0. The third-order valence-corrected chi connectivity index (χ3v) is 11.5. The van der Waals surface area contributed by atoms with Gasteiger partial charge in [-0.3, -0.25) is 5.16 Å². The molecule has 0 saturated carbocycles. The standard InChI is InChI=1S/C24H27N3OP2/c1-21(20-29(2,28)24-16-10-5-11-17-24)30(25)26(22-12-6-3-7-13-22)18-19-27(30)23-14-8-4-9-15-23/h3-17,25H,1,18-20H2,2H3. The molecular weight excluding hydrogens is 408 g/mol. The van der Waals surface area contributed by atoms with Gasteiger partial charge < -0.3 is 13.9 Å². The zero-order chi connectivity index (χ0) is 21.2. The zero-order valence-electron chi connectivity index (χ0n) is 17.2. The molecule has 0 spiro atoms. The number of nitrogens with one attached hydrogen (secondary N) is 1. The van der Waals surface area contributed by atoms with Crippen molar-refractivity contribution >= 4 is 31.2 Å². The third-order valence-electron chi connectivity index (χ3n) is 5.56. The minimum atomic E-state index is -2.74. The average Bonchev–Trinajstić information content (AvgIpc) is 3.14. The van der Waals surface area contributed by atoms with Crippen LogP contribution in [0.15, 0.2) is 103 Å². The number of anilines is 2. The molecule has 4 rings (SSSR count). The number of nitrogens with zero attached hydrogens (tertiary/aromatic N) is 2. The van der Waals surface area contributed by atoms with Crippen LogP contribution in [0.1, 0.15) is 0 Å². The van der Waals surface area contributed by atoms with Crippen molar-refractivity contribution in [3.05, 3.63) is 103 Å². The lowest BCUT2D eigenvalue weighted by Gasteiger charge is -2.38. The summed E-state index contributed by atoms with van der Waals surface area (Å²) in [6, 6.07) is 29.8. The van der Waals surface area contributed by atoms with Gasteiger partial charge in [0.2, 0.25) is 0 Å². The van der Waals surface area contributed by atoms with Crippen molar-refractivity contribution in [1.82, 2.24) is 0 Å². The van der Waals surface area contributed by atoms with Crippen LogP contribution >= 0.6 is 14.5 Å². The first-order valence-corrected chi connectivity index (χ1v) is 14.1. The molecule has 1 fully saturated rings. The molecule has 0 radical (unpaired) electrons. The van der Waals surface area contributed by atoms with Gasteiger partial charge in [-0.05, 0) is 30.9 Å². The lowest BCUT2D eigenvalue weighted by molar-refractivity contribution is 0.586. The summed E-state index contributed by atoms with van der Waals surface area (Å²) in [4.78, 5) is 0. The quantitative estimate of drug-likeness (QED) is 0.452. The van der Waals surface area contributed by atoms with E-state index in [0.29, 0.717) is 6.16 Å². The van der Waals surface area contributed by atoms with Crippen molar-refractivity contribution in [3.63, 3.8) is 0 Å². The van der Waals surface area contributed by atoms with Gasteiger partial charge in [0.1, 0.15) is 7.14 Å². The zero-order valence-corrected chi connectivity index (χ0v) is 19.0. The average molecular weight is 435 g/mol. The normalized spacial score (nSPS) is 17.5. The predicted octanol–water partition coefficient (Wildman–Crippen LogP) is 6.46. The molecule has 30 heavy (non-hydrogen) atoms. The van der Waals surface area contributed by atoms with Gasteiger partial charge in [0.05, 0.1) is 0 Å². The first kappa shape index (κ1) is 20.7. The third kappa shape index (κ3) is 3.78. The summed E-state index contributed by atoms with van der Waals surface area (Å²) in [6.07, 6.45) is 0.334. The van der Waals surface area contributed by atoms with Gasteiger partial charge in [-0.2, -0.15) is 0 Å². The monoisotopic (exact) mass is 435 g/mol. The van der Waals surface area contributed by atoms with E-state index in [1.165, 1.54) is 0 Å². The van der Waals surface area contributed by atoms with E-state index in [0.717, 1.165) is 35.1 Å². The van der Waals surface area contributed by atoms with E-state index in [-0.39, 0.29) is 0 Å². The van der Waals surface area contributed by atoms with E-state index in [2.05, 4.69) is 15.9 Å². The van der Waals surface area contributed by atoms with Crippen LogP contribution in [0.3, 0.4) is 0 Å². The summed E-state index contributed by atoms with van der Waals surface area (Å²) in [5, 5.41) is 11.4. The number of rotatable bonds is 6. The first-order chi connectivity index (χ1) is 14.4. The molecule has 1 saturated heterocycles. The van der Waals surface area contributed by atoms with Gasteiger partial charge in [0.25, 0.3) is 0 Å². The molecule has 0 amide bonds. The van der Waals surface area contributed by atoms with E-state index in [4.69, 9.17) is 0 Å². The molecule has 1 aliphatic heterocycles. The van der Waals surface area contributed by atoms with Crippen LogP contribution in [-0.4, -0.2) is 25.9 Å². The highest BCUT2D eigenvalue weighted by molar-refractivity contribution is 7.76. The summed E-state index contributed by atoms with van der Waals surface area (Å²) in [7, 11) is -5.42. The molecule has 4 nitrogen and oxygen atoms in total. The van der Waals surface area contributed by atoms with Crippen LogP contribution < -0.4 is 14.6 Å². The van der Waals surface area contributed by atoms with Crippen LogP contribution in [0.25, 0.3) is 0 Å². The molecule has 1 N–H and O–H groups in total. The fourth-order valence-electron chi connectivity index (χ4n) is 4.02. The van der Waals surface area contributed by atoms with Gasteiger partial charge in [-0.1, -0.05) is 73.3 Å². The Kier molecular flexibility index (Phi) is 5.73. The van der Waals surface area contributed by atoms with E-state index in [1.54, 1.807) is 0 Å². The van der Waals surface area contributed by atoms with Crippen molar-refractivity contribution in [3.8, 4) is 0 Å². The minimum Gasteiger partial charge on any atom is -0.319 e. The molecule has 0 aliphatic carbocycles. The molecule has 0 aromatic heterocycles. The Hall–Kier alpha value is -2.54. The molecule has 0 bridgehead atoms. The Morgan fingerprint density at radius 2 is 1.27 bits per heavy atom. The van der Waals surface area contributed by atoms with Crippen LogP contribution in [0.5, 0.6) is 0 Å². The highest BCUT2D eigenvalue weighted by atomic mass is 31.2. The topological polar surface area (TPSA) is 47.4 Å². The molecule has 1 aliphatic rings. The Labute approximate surface area is 179 Å². The second-order valence-electron chi connectivity index (χ2n) is 7.68. The summed E-state index contributed by atoms with van der Waals surface area (Å²) >= 11 is 0. The largest absolute Gasteiger partial charge is 0.319 e. The van der Waals surface area contributed by atoms with Gasteiger partial charge in [-0.15, -0.1) is 0 Å². The maximum atomic E-state index is 13.6. The van der Waals surface area contributed by atoms with Crippen LogP contribution in [0, 0.1) is 5.16 Å². The van der Waals surface area contributed by atoms with Crippen molar-refractivity contribution in [1.29, 1.82) is 5.16 Å². The van der Waals surface area contributed by atoms with Crippen molar-refractivity contribution < 1.29 is 4.57 Å². The van der Waals surface area contributed by atoms with Crippen molar-refractivity contribution in [2.45, 2.75) is 0 Å². The second kappa shape index (κ2) is 8.30. The number of hydrogen-bond donors (Lipinski definition) is 1. The maximum absolute atomic E-state index is 13.6. The summed E-state index contributed by atoms with van der Waals surface area (Å²) in [6.45, 7) is 7.68. The second-order valence-corrected chi connectivity index (χ2v) is 13.5.